The lowest BCUT2D eigenvalue weighted by Crippen LogP contribution is -2.53. The van der Waals surface area contributed by atoms with Gasteiger partial charge in [0.2, 0.25) is 17.7 Å². The third-order valence-corrected chi connectivity index (χ3v) is 8.09. The summed E-state index contributed by atoms with van der Waals surface area (Å²) in [6.07, 6.45) is 2.46. The standard InChI is InChI=1S/C29H24N4O3/c1-16-8-7-12-20-25(16)31-28(36)29(20)24-23(26(34)33(27(24)35)18-9-3-2-4-10-18)22(32-29)14-17-15-30-21-13-6-5-11-19(17)21/h2-13,15,22-24,30,32H,14H2,1H3,(H,31,36)/t22?,23-,24+,29?/m1/s1. The van der Waals surface area contributed by atoms with Gasteiger partial charge in [-0.1, -0.05) is 54.6 Å². The highest BCUT2D eigenvalue weighted by atomic mass is 16.2. The molecule has 2 fully saturated rings. The molecule has 0 aliphatic carbocycles. The van der Waals surface area contributed by atoms with Gasteiger partial charge >= 0.3 is 0 Å². The van der Waals surface area contributed by atoms with Gasteiger partial charge in [0.25, 0.3) is 0 Å². The van der Waals surface area contributed by atoms with E-state index >= 15 is 0 Å². The SMILES string of the molecule is Cc1cccc2c1NC(=O)C21NC(Cc2c[nH]c3ccccc23)[C@H]2C(=O)N(c3ccccc3)C(=O)[C@H]21. The molecule has 3 amide bonds. The normalized spacial score (nSPS) is 26.6. The molecule has 4 aromatic rings. The third kappa shape index (κ3) is 2.63. The van der Waals surface area contributed by atoms with Gasteiger partial charge in [-0.2, -0.15) is 0 Å². The Hall–Kier alpha value is -4.23. The van der Waals surface area contributed by atoms with E-state index in [0.29, 0.717) is 12.1 Å². The molecule has 7 nitrogen and oxygen atoms in total. The van der Waals surface area contributed by atoms with E-state index in [1.807, 2.05) is 73.8 Å². The number of carbonyl (C=O) groups excluding carboxylic acids is 3. The number of imide groups is 1. The molecule has 7 heteroatoms. The van der Waals surface area contributed by atoms with Crippen LogP contribution in [-0.2, 0) is 26.3 Å². The Labute approximate surface area is 207 Å². The molecular weight excluding hydrogens is 452 g/mol. The van der Waals surface area contributed by atoms with Gasteiger partial charge in [-0.25, -0.2) is 4.90 Å². The molecule has 36 heavy (non-hydrogen) atoms. The number of hydrogen-bond donors (Lipinski definition) is 3. The fourth-order valence-corrected chi connectivity index (χ4v) is 6.52. The molecule has 3 aromatic carbocycles. The van der Waals surface area contributed by atoms with Crippen molar-refractivity contribution in [2.75, 3.05) is 10.2 Å². The Bertz CT molecular complexity index is 1580. The lowest BCUT2D eigenvalue weighted by Gasteiger charge is -2.29. The fraction of sp³-hybridized carbons (Fsp3) is 0.207. The van der Waals surface area contributed by atoms with E-state index in [9.17, 15) is 14.4 Å². The van der Waals surface area contributed by atoms with Gasteiger partial charge < -0.3 is 10.3 Å². The van der Waals surface area contributed by atoms with Crippen molar-refractivity contribution in [2.45, 2.75) is 24.9 Å². The van der Waals surface area contributed by atoms with E-state index < -0.39 is 23.4 Å². The highest BCUT2D eigenvalue weighted by Crippen LogP contribution is 2.54. The van der Waals surface area contributed by atoms with Crippen molar-refractivity contribution in [2.24, 2.45) is 11.8 Å². The minimum atomic E-state index is -1.31. The summed E-state index contributed by atoms with van der Waals surface area (Å²) in [5.74, 6) is -2.40. The molecule has 4 heterocycles. The topological polar surface area (TPSA) is 94.3 Å². The molecule has 2 unspecified atom stereocenters. The first-order chi connectivity index (χ1) is 17.5. The fourth-order valence-electron chi connectivity index (χ4n) is 6.52. The van der Waals surface area contributed by atoms with Gasteiger partial charge in [-0.05, 0) is 42.7 Å². The predicted octanol–water partition coefficient (Wildman–Crippen LogP) is 3.64. The number of carbonyl (C=O) groups is 3. The van der Waals surface area contributed by atoms with E-state index in [4.69, 9.17) is 0 Å². The maximum Gasteiger partial charge on any atom is 0.250 e. The maximum atomic E-state index is 14.0. The number of nitrogens with one attached hydrogen (secondary N) is 3. The smallest absolute Gasteiger partial charge is 0.250 e. The van der Waals surface area contributed by atoms with Crippen LogP contribution < -0.4 is 15.5 Å². The number of para-hydroxylation sites is 3. The number of hydrogen-bond acceptors (Lipinski definition) is 4. The van der Waals surface area contributed by atoms with Gasteiger partial charge in [0.05, 0.1) is 17.5 Å². The van der Waals surface area contributed by atoms with Crippen LogP contribution in [0.4, 0.5) is 11.4 Å². The summed E-state index contributed by atoms with van der Waals surface area (Å²) < 4.78 is 0. The van der Waals surface area contributed by atoms with Crippen LogP contribution in [0, 0.1) is 18.8 Å². The molecule has 3 N–H and O–H groups in total. The van der Waals surface area contributed by atoms with E-state index in [1.54, 1.807) is 12.1 Å². The van der Waals surface area contributed by atoms with Crippen LogP contribution in [0.3, 0.4) is 0 Å². The van der Waals surface area contributed by atoms with Crippen LogP contribution >= 0.6 is 0 Å². The Balaban J connectivity index is 1.39. The number of fused-ring (bicyclic) bond motifs is 5. The van der Waals surface area contributed by atoms with Gasteiger partial charge in [0.15, 0.2) is 0 Å². The number of aryl methyl sites for hydroxylation is 1. The second kappa shape index (κ2) is 7.38. The summed E-state index contributed by atoms with van der Waals surface area (Å²) in [6, 6.07) is 22.3. The average molecular weight is 477 g/mol. The third-order valence-electron chi connectivity index (χ3n) is 8.09. The van der Waals surface area contributed by atoms with Crippen LogP contribution in [0.5, 0.6) is 0 Å². The van der Waals surface area contributed by atoms with Crippen molar-refractivity contribution in [3.8, 4) is 0 Å². The van der Waals surface area contributed by atoms with Crippen LogP contribution in [0.1, 0.15) is 16.7 Å². The zero-order valence-electron chi connectivity index (χ0n) is 19.6. The number of rotatable bonds is 3. The molecule has 0 bridgehead atoms. The first-order valence-corrected chi connectivity index (χ1v) is 12.2. The molecule has 1 aromatic heterocycles. The number of amides is 3. The number of H-pyrrole nitrogens is 1. The lowest BCUT2D eigenvalue weighted by atomic mass is 9.76. The Morgan fingerprint density at radius 2 is 1.67 bits per heavy atom. The van der Waals surface area contributed by atoms with Crippen LogP contribution in [-0.4, -0.2) is 28.7 Å². The van der Waals surface area contributed by atoms with E-state index in [1.165, 1.54) is 4.90 Å². The zero-order chi connectivity index (χ0) is 24.6. The highest BCUT2D eigenvalue weighted by molar-refractivity contribution is 6.25. The second-order valence-corrected chi connectivity index (χ2v) is 9.92. The van der Waals surface area contributed by atoms with Crippen molar-refractivity contribution in [1.29, 1.82) is 0 Å². The van der Waals surface area contributed by atoms with Crippen LogP contribution in [0.25, 0.3) is 10.9 Å². The molecule has 0 radical (unpaired) electrons. The number of aromatic amines is 1. The molecule has 7 rings (SSSR count). The van der Waals surface area contributed by atoms with Crippen LogP contribution in [0.2, 0.25) is 0 Å². The van der Waals surface area contributed by atoms with Gasteiger partial charge in [0.1, 0.15) is 5.54 Å². The van der Waals surface area contributed by atoms with E-state index in [-0.39, 0.29) is 17.7 Å². The van der Waals surface area contributed by atoms with Crippen molar-refractivity contribution in [3.63, 3.8) is 0 Å². The Morgan fingerprint density at radius 1 is 0.889 bits per heavy atom. The van der Waals surface area contributed by atoms with Crippen molar-refractivity contribution >= 4 is 40.0 Å². The van der Waals surface area contributed by atoms with Gasteiger partial charge in [-0.3, -0.25) is 19.7 Å². The quantitative estimate of drug-likeness (QED) is 0.394. The number of nitrogens with zero attached hydrogens (tertiary/aromatic N) is 1. The molecule has 178 valence electrons. The van der Waals surface area contributed by atoms with Gasteiger partial charge in [0, 0.05) is 34.4 Å². The summed E-state index contributed by atoms with van der Waals surface area (Å²) in [7, 11) is 0. The summed E-state index contributed by atoms with van der Waals surface area (Å²) in [6.45, 7) is 1.94. The largest absolute Gasteiger partial charge is 0.361 e. The average Bonchev–Trinajstić information content (AvgIpc) is 3.60. The molecule has 3 aliphatic heterocycles. The first-order valence-electron chi connectivity index (χ1n) is 12.2. The first kappa shape index (κ1) is 21.1. The maximum absolute atomic E-state index is 14.0. The molecular formula is C29H24N4O3. The van der Waals surface area contributed by atoms with Crippen molar-refractivity contribution < 1.29 is 14.4 Å². The Morgan fingerprint density at radius 3 is 2.50 bits per heavy atom. The van der Waals surface area contributed by atoms with Crippen molar-refractivity contribution in [1.82, 2.24) is 10.3 Å². The molecule has 0 saturated carbocycles. The number of benzene rings is 3. The molecule has 2 saturated heterocycles. The zero-order valence-corrected chi connectivity index (χ0v) is 19.6. The number of aromatic nitrogens is 1. The molecule has 3 aliphatic rings. The van der Waals surface area contributed by atoms with Crippen molar-refractivity contribution in [3.05, 3.63) is 95.7 Å². The summed E-state index contributed by atoms with van der Waals surface area (Å²) in [5, 5.41) is 7.63. The summed E-state index contributed by atoms with van der Waals surface area (Å²) >= 11 is 0. The lowest BCUT2D eigenvalue weighted by molar-refractivity contribution is -0.130. The minimum absolute atomic E-state index is 0.265. The molecule has 1 spiro atoms. The minimum Gasteiger partial charge on any atom is -0.361 e. The summed E-state index contributed by atoms with van der Waals surface area (Å²) in [5.41, 5.74) is 3.66. The molecule has 4 atom stereocenters. The number of anilines is 2. The highest BCUT2D eigenvalue weighted by Gasteiger charge is 2.70. The predicted molar refractivity (Wildman–Crippen MR) is 136 cm³/mol. The Kier molecular flexibility index (Phi) is 4.32. The summed E-state index contributed by atoms with van der Waals surface area (Å²) in [4.78, 5) is 46.3. The monoisotopic (exact) mass is 476 g/mol. The second-order valence-electron chi connectivity index (χ2n) is 9.92. The van der Waals surface area contributed by atoms with Gasteiger partial charge in [-0.15, -0.1) is 0 Å². The van der Waals surface area contributed by atoms with Crippen LogP contribution in [0.15, 0.2) is 79.0 Å². The van der Waals surface area contributed by atoms with E-state index in [2.05, 4.69) is 15.6 Å². The van der Waals surface area contributed by atoms with E-state index in [0.717, 1.165) is 33.3 Å².